The molecule has 2 aromatic heterocycles. The number of nitrogens with zero attached hydrogens (tertiary/aromatic N) is 4. The van der Waals surface area contributed by atoms with Crippen LogP contribution in [0.25, 0.3) is 5.65 Å². The van der Waals surface area contributed by atoms with E-state index >= 15 is 0 Å². The van der Waals surface area contributed by atoms with Gasteiger partial charge in [0.05, 0.1) is 11.8 Å². The van der Waals surface area contributed by atoms with Crippen LogP contribution in [0.2, 0.25) is 5.02 Å². The van der Waals surface area contributed by atoms with E-state index in [9.17, 15) is 9.90 Å². The Balaban J connectivity index is 1.50. The Morgan fingerprint density at radius 3 is 2.48 bits per heavy atom. The third-order valence-electron chi connectivity index (χ3n) is 5.77. The van der Waals surface area contributed by atoms with E-state index in [4.69, 9.17) is 11.6 Å². The van der Waals surface area contributed by atoms with Gasteiger partial charge in [-0.05, 0) is 63.3 Å². The molecule has 3 heterocycles. The zero-order valence-electron chi connectivity index (χ0n) is 16.9. The van der Waals surface area contributed by atoms with Gasteiger partial charge in [-0.2, -0.15) is 5.10 Å². The van der Waals surface area contributed by atoms with Crippen LogP contribution in [0.5, 0.6) is 0 Å². The summed E-state index contributed by atoms with van der Waals surface area (Å²) in [5.74, 6) is 0.0854. The normalized spacial score (nSPS) is 16.4. The lowest BCUT2D eigenvalue weighted by atomic mass is 9.87. The van der Waals surface area contributed by atoms with E-state index in [2.05, 4.69) is 10.1 Å². The van der Waals surface area contributed by atoms with Crippen molar-refractivity contribution in [2.45, 2.75) is 39.7 Å². The van der Waals surface area contributed by atoms with Gasteiger partial charge in [-0.25, -0.2) is 9.50 Å². The van der Waals surface area contributed by atoms with Gasteiger partial charge in [-0.15, -0.1) is 0 Å². The van der Waals surface area contributed by atoms with Crippen LogP contribution >= 0.6 is 11.6 Å². The molecule has 3 aromatic rings. The molecule has 29 heavy (non-hydrogen) atoms. The number of halogens is 1. The first-order valence-corrected chi connectivity index (χ1v) is 10.3. The predicted molar refractivity (Wildman–Crippen MR) is 112 cm³/mol. The molecule has 1 atom stereocenters. The van der Waals surface area contributed by atoms with Crippen molar-refractivity contribution in [3.05, 3.63) is 63.6 Å². The molecule has 0 spiro atoms. The second kappa shape index (κ2) is 7.76. The molecule has 0 aliphatic carbocycles. The first-order chi connectivity index (χ1) is 13.8. The molecule has 7 heteroatoms. The van der Waals surface area contributed by atoms with Gasteiger partial charge in [0, 0.05) is 29.5 Å². The van der Waals surface area contributed by atoms with Gasteiger partial charge in [0.15, 0.2) is 5.65 Å². The molecule has 6 nitrogen and oxygen atoms in total. The van der Waals surface area contributed by atoms with Gasteiger partial charge in [0.25, 0.3) is 5.91 Å². The molecule has 1 fully saturated rings. The highest BCUT2D eigenvalue weighted by Crippen LogP contribution is 2.32. The maximum Gasteiger partial charge on any atom is 0.259 e. The molecular formula is C22H25ClN4O2. The number of aliphatic hydroxyl groups is 1. The maximum atomic E-state index is 13.3. The summed E-state index contributed by atoms with van der Waals surface area (Å²) < 4.78 is 1.74. The monoisotopic (exact) mass is 412 g/mol. The molecule has 0 bridgehead atoms. The molecule has 1 amide bonds. The van der Waals surface area contributed by atoms with Crippen molar-refractivity contribution in [3.8, 4) is 0 Å². The summed E-state index contributed by atoms with van der Waals surface area (Å²) in [6, 6.07) is 9.27. The summed E-state index contributed by atoms with van der Waals surface area (Å²) in [7, 11) is 0. The van der Waals surface area contributed by atoms with E-state index in [0.29, 0.717) is 35.0 Å². The summed E-state index contributed by atoms with van der Waals surface area (Å²) in [6.45, 7) is 6.96. The number of piperidine rings is 1. The fourth-order valence-electron chi connectivity index (χ4n) is 4.19. The lowest BCUT2D eigenvalue weighted by Gasteiger charge is -2.34. The fourth-order valence-corrected chi connectivity index (χ4v) is 4.31. The van der Waals surface area contributed by atoms with Gasteiger partial charge in [0.1, 0.15) is 5.56 Å². The highest BCUT2D eigenvalue weighted by atomic mass is 35.5. The number of aliphatic hydroxyl groups excluding tert-OH is 1. The summed E-state index contributed by atoms with van der Waals surface area (Å²) in [5.41, 5.74) is 4.59. The Morgan fingerprint density at radius 2 is 1.83 bits per heavy atom. The number of aromatic nitrogens is 3. The largest absolute Gasteiger partial charge is 0.388 e. The maximum absolute atomic E-state index is 13.3. The van der Waals surface area contributed by atoms with Crippen LogP contribution in [-0.4, -0.2) is 43.6 Å². The number of fused-ring (bicyclic) bond motifs is 1. The molecule has 1 N–H and O–H groups in total. The summed E-state index contributed by atoms with van der Waals surface area (Å²) in [5, 5.41) is 15.9. The van der Waals surface area contributed by atoms with Gasteiger partial charge < -0.3 is 10.0 Å². The Kier molecular flexibility index (Phi) is 5.32. The number of hydrogen-bond acceptors (Lipinski definition) is 4. The van der Waals surface area contributed by atoms with Crippen molar-refractivity contribution in [1.82, 2.24) is 19.5 Å². The molecule has 1 saturated heterocycles. The third-order valence-corrected chi connectivity index (χ3v) is 6.02. The number of carbonyl (C=O) groups is 1. The van der Waals surface area contributed by atoms with Crippen LogP contribution in [0, 0.1) is 26.7 Å². The van der Waals surface area contributed by atoms with Crippen molar-refractivity contribution in [1.29, 1.82) is 0 Å². The highest BCUT2D eigenvalue weighted by Gasteiger charge is 2.31. The van der Waals surface area contributed by atoms with E-state index in [-0.39, 0.29) is 11.8 Å². The van der Waals surface area contributed by atoms with Gasteiger partial charge in [0.2, 0.25) is 0 Å². The fraction of sp³-hybridized carbons (Fsp3) is 0.409. The highest BCUT2D eigenvalue weighted by molar-refractivity contribution is 6.30. The Hall–Kier alpha value is -2.44. The lowest BCUT2D eigenvalue weighted by Crippen LogP contribution is -2.40. The number of rotatable bonds is 3. The Labute approximate surface area is 175 Å². The zero-order chi connectivity index (χ0) is 20.7. The van der Waals surface area contributed by atoms with E-state index in [0.717, 1.165) is 29.8 Å². The molecule has 1 aliphatic heterocycles. The lowest BCUT2D eigenvalue weighted by molar-refractivity contribution is 0.0463. The summed E-state index contributed by atoms with van der Waals surface area (Å²) >= 11 is 5.94. The topological polar surface area (TPSA) is 70.7 Å². The number of carbonyl (C=O) groups excluding carboxylic acids is 1. The zero-order valence-corrected chi connectivity index (χ0v) is 17.6. The van der Waals surface area contributed by atoms with Gasteiger partial charge in [-0.1, -0.05) is 23.7 Å². The predicted octanol–water partition coefficient (Wildman–Crippen LogP) is 3.89. The molecule has 1 aromatic carbocycles. The van der Waals surface area contributed by atoms with Crippen LogP contribution in [-0.2, 0) is 0 Å². The minimum atomic E-state index is -0.546. The van der Waals surface area contributed by atoms with Crippen molar-refractivity contribution in [2.75, 3.05) is 13.1 Å². The van der Waals surface area contributed by atoms with Crippen molar-refractivity contribution < 1.29 is 9.90 Å². The molecular weight excluding hydrogens is 388 g/mol. The number of aryl methyl sites for hydroxylation is 3. The van der Waals surface area contributed by atoms with Gasteiger partial charge >= 0.3 is 0 Å². The van der Waals surface area contributed by atoms with Crippen LogP contribution in [0.1, 0.15) is 51.9 Å². The van der Waals surface area contributed by atoms with Crippen LogP contribution in [0.3, 0.4) is 0 Å². The van der Waals surface area contributed by atoms with Crippen molar-refractivity contribution in [3.63, 3.8) is 0 Å². The standard InChI is InChI=1S/C22H25ClN4O2/c1-13-12-14(2)27-21(24-13)19(15(3)25-27)22(29)26-10-8-17(9-11-26)20(28)16-4-6-18(23)7-5-16/h4-7,12,17,20,28H,8-11H2,1-3H3. The SMILES string of the molecule is Cc1cc(C)n2nc(C)c(C(=O)N3CCC(C(O)c4ccc(Cl)cc4)CC3)c2n1. The molecule has 0 radical (unpaired) electrons. The summed E-state index contributed by atoms with van der Waals surface area (Å²) in [4.78, 5) is 19.7. The Morgan fingerprint density at radius 1 is 1.17 bits per heavy atom. The quantitative estimate of drug-likeness (QED) is 0.708. The van der Waals surface area contributed by atoms with E-state index in [1.165, 1.54) is 0 Å². The average molecular weight is 413 g/mol. The second-order valence-electron chi connectivity index (χ2n) is 7.86. The molecule has 0 saturated carbocycles. The van der Waals surface area contributed by atoms with E-state index in [1.807, 2.05) is 43.9 Å². The van der Waals surface area contributed by atoms with Crippen LogP contribution in [0.4, 0.5) is 0 Å². The summed E-state index contributed by atoms with van der Waals surface area (Å²) in [6.07, 6.45) is 0.952. The first-order valence-electron chi connectivity index (χ1n) is 9.91. The Bertz CT molecular complexity index is 1050. The van der Waals surface area contributed by atoms with Crippen LogP contribution < -0.4 is 0 Å². The van der Waals surface area contributed by atoms with Gasteiger partial charge in [-0.3, -0.25) is 4.79 Å². The smallest absolute Gasteiger partial charge is 0.259 e. The van der Waals surface area contributed by atoms with E-state index < -0.39 is 6.10 Å². The molecule has 4 rings (SSSR count). The van der Waals surface area contributed by atoms with Crippen molar-refractivity contribution in [2.24, 2.45) is 5.92 Å². The minimum absolute atomic E-state index is 0.0329. The minimum Gasteiger partial charge on any atom is -0.388 e. The number of benzene rings is 1. The number of likely N-dealkylation sites (tertiary alicyclic amines) is 1. The second-order valence-corrected chi connectivity index (χ2v) is 8.30. The first kappa shape index (κ1) is 19.9. The van der Waals surface area contributed by atoms with E-state index in [1.54, 1.807) is 16.6 Å². The average Bonchev–Trinajstić information content (AvgIpc) is 3.04. The molecule has 1 unspecified atom stereocenters. The number of amides is 1. The third kappa shape index (κ3) is 3.74. The van der Waals surface area contributed by atoms with Crippen molar-refractivity contribution >= 4 is 23.2 Å². The van der Waals surface area contributed by atoms with Crippen LogP contribution in [0.15, 0.2) is 30.3 Å². The number of hydrogen-bond donors (Lipinski definition) is 1. The molecule has 152 valence electrons. The molecule has 1 aliphatic rings.